The Labute approximate surface area is 74.1 Å². The van der Waals surface area contributed by atoms with Crippen LogP contribution in [-0.2, 0) is 0 Å². The highest BCUT2D eigenvalue weighted by atomic mass is 32.2. The second-order valence-corrected chi connectivity index (χ2v) is 4.53. The lowest BCUT2D eigenvalue weighted by Crippen LogP contribution is -2.26. The predicted molar refractivity (Wildman–Crippen MR) is 52.9 cm³/mol. The second kappa shape index (κ2) is 5.04. The lowest BCUT2D eigenvalue weighted by Gasteiger charge is -2.28. The first kappa shape index (κ1) is 9.40. The lowest BCUT2D eigenvalue weighted by atomic mass is 9.88. The second-order valence-electron chi connectivity index (χ2n) is 3.38. The van der Waals surface area contributed by atoms with Gasteiger partial charge in [0.15, 0.2) is 0 Å². The Morgan fingerprint density at radius 1 is 1.64 bits per heavy atom. The summed E-state index contributed by atoms with van der Waals surface area (Å²) in [5.74, 6) is 4.44. The smallest absolute Gasteiger partial charge is 0.00360 e. The van der Waals surface area contributed by atoms with E-state index < -0.39 is 0 Å². The summed E-state index contributed by atoms with van der Waals surface area (Å²) in [7, 11) is 0. The Kier molecular flexibility index (Phi) is 4.31. The molecule has 0 aromatic heterocycles. The maximum atomic E-state index is 5.70. The highest BCUT2D eigenvalue weighted by Gasteiger charge is 2.20. The molecule has 66 valence electrons. The van der Waals surface area contributed by atoms with E-state index in [1.54, 1.807) is 0 Å². The van der Waals surface area contributed by atoms with E-state index in [0.29, 0.717) is 0 Å². The average Bonchev–Trinajstić information content (AvgIpc) is 2.09. The van der Waals surface area contributed by atoms with Crippen LogP contribution in [-0.4, -0.2) is 18.1 Å². The van der Waals surface area contributed by atoms with Gasteiger partial charge in [0.25, 0.3) is 0 Å². The van der Waals surface area contributed by atoms with Gasteiger partial charge < -0.3 is 5.73 Å². The van der Waals surface area contributed by atoms with E-state index in [1.807, 2.05) is 0 Å². The van der Waals surface area contributed by atoms with Crippen LogP contribution in [0.2, 0.25) is 0 Å². The van der Waals surface area contributed by atoms with Crippen molar-refractivity contribution in [3.05, 3.63) is 0 Å². The molecule has 1 fully saturated rings. The van der Waals surface area contributed by atoms with E-state index in [-0.39, 0.29) is 0 Å². The van der Waals surface area contributed by atoms with Crippen molar-refractivity contribution in [1.82, 2.24) is 0 Å². The third-order valence-corrected chi connectivity index (χ3v) is 3.93. The predicted octanol–water partition coefficient (Wildman–Crippen LogP) is 2.11. The zero-order valence-electron chi connectivity index (χ0n) is 7.38. The zero-order chi connectivity index (χ0) is 8.10. The number of hydrogen-bond acceptors (Lipinski definition) is 2. The van der Waals surface area contributed by atoms with Gasteiger partial charge in [0, 0.05) is 0 Å². The van der Waals surface area contributed by atoms with Crippen molar-refractivity contribution in [2.75, 3.05) is 18.1 Å². The van der Waals surface area contributed by atoms with Gasteiger partial charge in [0.05, 0.1) is 0 Å². The zero-order valence-corrected chi connectivity index (χ0v) is 8.20. The fourth-order valence-electron chi connectivity index (χ4n) is 1.83. The van der Waals surface area contributed by atoms with Crippen molar-refractivity contribution in [2.24, 2.45) is 17.6 Å². The summed E-state index contributed by atoms with van der Waals surface area (Å²) in [5, 5.41) is 0. The van der Waals surface area contributed by atoms with Crippen molar-refractivity contribution in [2.45, 2.75) is 26.2 Å². The van der Waals surface area contributed by atoms with Crippen molar-refractivity contribution in [3.63, 3.8) is 0 Å². The van der Waals surface area contributed by atoms with Crippen LogP contribution in [0.4, 0.5) is 0 Å². The van der Waals surface area contributed by atoms with Crippen LogP contribution in [0.1, 0.15) is 26.2 Å². The van der Waals surface area contributed by atoms with Gasteiger partial charge in [0.2, 0.25) is 0 Å². The minimum Gasteiger partial charge on any atom is -0.330 e. The van der Waals surface area contributed by atoms with E-state index in [0.717, 1.165) is 18.4 Å². The first-order valence-electron chi connectivity index (χ1n) is 4.66. The molecule has 1 aliphatic heterocycles. The van der Waals surface area contributed by atoms with Gasteiger partial charge in [-0.05, 0) is 42.7 Å². The van der Waals surface area contributed by atoms with Gasteiger partial charge in [-0.15, -0.1) is 0 Å². The maximum absolute atomic E-state index is 5.70. The molecule has 2 heteroatoms. The third-order valence-electron chi connectivity index (χ3n) is 2.69. The normalized spacial score (nSPS) is 28.4. The van der Waals surface area contributed by atoms with Gasteiger partial charge >= 0.3 is 0 Å². The Morgan fingerprint density at radius 3 is 2.91 bits per heavy atom. The first-order chi connectivity index (χ1) is 5.38. The van der Waals surface area contributed by atoms with Crippen molar-refractivity contribution in [1.29, 1.82) is 0 Å². The van der Waals surface area contributed by atoms with Crippen molar-refractivity contribution < 1.29 is 0 Å². The van der Waals surface area contributed by atoms with Gasteiger partial charge in [-0.2, -0.15) is 11.8 Å². The van der Waals surface area contributed by atoms with Crippen LogP contribution < -0.4 is 5.73 Å². The van der Waals surface area contributed by atoms with E-state index in [9.17, 15) is 0 Å². The number of hydrogen-bond donors (Lipinski definition) is 1. The monoisotopic (exact) mass is 173 g/mol. The minimum absolute atomic E-state index is 0.794. The molecule has 2 atom stereocenters. The molecule has 2 N–H and O–H groups in total. The molecular formula is C9H19NS. The molecule has 0 aromatic rings. The van der Waals surface area contributed by atoms with Crippen LogP contribution in [0.15, 0.2) is 0 Å². The Bertz CT molecular complexity index is 95.7. The third kappa shape index (κ3) is 2.68. The van der Waals surface area contributed by atoms with Gasteiger partial charge in [-0.3, -0.25) is 0 Å². The van der Waals surface area contributed by atoms with Crippen LogP contribution in [0.5, 0.6) is 0 Å². The maximum Gasteiger partial charge on any atom is -0.00360 e. The summed E-state index contributed by atoms with van der Waals surface area (Å²) in [4.78, 5) is 0. The standard InChI is InChI=1S/C9H19NS/c1-2-8(6-10)9-4-3-5-11-7-9/h8-9H,2-7,10H2,1H3. The molecule has 0 radical (unpaired) electrons. The SMILES string of the molecule is CCC(CN)C1CCCSC1. The molecule has 1 nitrogen and oxygen atoms in total. The molecule has 0 bridgehead atoms. The van der Waals surface area contributed by atoms with Crippen LogP contribution in [0, 0.1) is 11.8 Å². The Balaban J connectivity index is 2.30. The summed E-state index contributed by atoms with van der Waals surface area (Å²) in [6.45, 7) is 3.15. The van der Waals surface area contributed by atoms with Crippen molar-refractivity contribution >= 4 is 11.8 Å². The molecule has 1 aliphatic rings. The van der Waals surface area contributed by atoms with E-state index in [1.165, 1.54) is 30.8 Å². The quantitative estimate of drug-likeness (QED) is 0.707. The van der Waals surface area contributed by atoms with Gasteiger partial charge in [-0.1, -0.05) is 13.3 Å². The average molecular weight is 173 g/mol. The molecule has 1 heterocycles. The van der Waals surface area contributed by atoms with Gasteiger partial charge in [-0.25, -0.2) is 0 Å². The highest BCUT2D eigenvalue weighted by molar-refractivity contribution is 7.99. The summed E-state index contributed by atoms with van der Waals surface area (Å²) < 4.78 is 0. The van der Waals surface area contributed by atoms with Crippen molar-refractivity contribution in [3.8, 4) is 0 Å². The van der Waals surface area contributed by atoms with E-state index in [2.05, 4.69) is 18.7 Å². The number of thioether (sulfide) groups is 1. The molecule has 0 aromatic carbocycles. The summed E-state index contributed by atoms with van der Waals surface area (Å²) in [6, 6.07) is 0. The summed E-state index contributed by atoms with van der Waals surface area (Å²) in [6.07, 6.45) is 4.09. The largest absolute Gasteiger partial charge is 0.330 e. The fraction of sp³-hybridized carbons (Fsp3) is 1.00. The Morgan fingerprint density at radius 2 is 2.45 bits per heavy atom. The van der Waals surface area contributed by atoms with Crippen LogP contribution >= 0.6 is 11.8 Å². The fourth-order valence-corrected chi connectivity index (χ4v) is 3.11. The first-order valence-corrected chi connectivity index (χ1v) is 5.81. The molecule has 1 saturated heterocycles. The van der Waals surface area contributed by atoms with Crippen LogP contribution in [0.25, 0.3) is 0 Å². The summed E-state index contributed by atoms with van der Waals surface area (Å²) in [5.41, 5.74) is 5.70. The molecule has 0 saturated carbocycles. The Hall–Kier alpha value is 0.310. The minimum atomic E-state index is 0.794. The topological polar surface area (TPSA) is 26.0 Å². The van der Waals surface area contributed by atoms with Crippen LogP contribution in [0.3, 0.4) is 0 Å². The molecular weight excluding hydrogens is 154 g/mol. The molecule has 11 heavy (non-hydrogen) atoms. The molecule has 0 spiro atoms. The number of rotatable bonds is 3. The van der Waals surface area contributed by atoms with Gasteiger partial charge in [0.1, 0.15) is 0 Å². The molecule has 0 amide bonds. The molecule has 0 aliphatic carbocycles. The lowest BCUT2D eigenvalue weighted by molar-refractivity contribution is 0.335. The highest BCUT2D eigenvalue weighted by Crippen LogP contribution is 2.29. The van der Waals surface area contributed by atoms with E-state index >= 15 is 0 Å². The summed E-state index contributed by atoms with van der Waals surface area (Å²) >= 11 is 2.11. The molecule has 1 rings (SSSR count). The number of nitrogens with two attached hydrogens (primary N) is 1. The molecule has 2 unspecified atom stereocenters. The van der Waals surface area contributed by atoms with E-state index in [4.69, 9.17) is 5.73 Å².